The Morgan fingerprint density at radius 3 is 2.91 bits per heavy atom. The number of ether oxygens (including phenoxy) is 2. The fraction of sp³-hybridized carbons (Fsp3) is 0.625. The van der Waals surface area contributed by atoms with E-state index in [4.69, 9.17) is 9.47 Å². The molecule has 128 valence electrons. The van der Waals surface area contributed by atoms with Crippen LogP contribution in [0.4, 0.5) is 0 Å². The minimum atomic E-state index is -3.11. The molecule has 1 unspecified atom stereocenters. The Bertz CT molecular complexity index is 647. The van der Waals surface area contributed by atoms with E-state index in [-0.39, 0.29) is 6.04 Å². The quantitative estimate of drug-likeness (QED) is 0.896. The summed E-state index contributed by atoms with van der Waals surface area (Å²) in [6.45, 7) is 3.14. The Labute approximate surface area is 137 Å². The maximum absolute atomic E-state index is 11.7. The Kier molecular flexibility index (Phi) is 5.08. The predicted octanol–water partition coefficient (Wildman–Crippen LogP) is 1.36. The van der Waals surface area contributed by atoms with Gasteiger partial charge in [-0.1, -0.05) is 12.1 Å². The van der Waals surface area contributed by atoms with Gasteiger partial charge >= 0.3 is 0 Å². The van der Waals surface area contributed by atoms with Crippen molar-refractivity contribution in [3.05, 3.63) is 23.8 Å². The molecule has 0 saturated carbocycles. The van der Waals surface area contributed by atoms with Gasteiger partial charge in [0.25, 0.3) is 0 Å². The van der Waals surface area contributed by atoms with Crippen LogP contribution < -0.4 is 14.8 Å². The maximum atomic E-state index is 11.7. The van der Waals surface area contributed by atoms with E-state index >= 15 is 0 Å². The molecule has 3 rings (SSSR count). The second-order valence-corrected chi connectivity index (χ2v) is 8.12. The number of nitrogens with one attached hydrogen (secondary N) is 1. The summed E-state index contributed by atoms with van der Waals surface area (Å²) in [7, 11) is -3.11. The standard InChI is InChI=1S/C16H24N2O4S/c1-23(19,20)18-8-3-6-14(12-18)17-11-13-5-2-7-15-16(13)22-10-4-9-21-15/h2,5,7,14,17H,3-4,6,8-12H2,1H3. The summed E-state index contributed by atoms with van der Waals surface area (Å²) in [4.78, 5) is 0. The Morgan fingerprint density at radius 2 is 2.09 bits per heavy atom. The van der Waals surface area contributed by atoms with Gasteiger partial charge in [0.2, 0.25) is 10.0 Å². The Morgan fingerprint density at radius 1 is 1.26 bits per heavy atom. The minimum absolute atomic E-state index is 0.168. The van der Waals surface area contributed by atoms with Crippen LogP contribution in [0.2, 0.25) is 0 Å². The highest BCUT2D eigenvalue weighted by Gasteiger charge is 2.26. The molecule has 0 aliphatic carbocycles. The molecule has 1 aromatic rings. The van der Waals surface area contributed by atoms with Crippen LogP contribution >= 0.6 is 0 Å². The van der Waals surface area contributed by atoms with Gasteiger partial charge in [0.15, 0.2) is 11.5 Å². The lowest BCUT2D eigenvalue weighted by atomic mass is 10.1. The number of para-hydroxylation sites is 1. The van der Waals surface area contributed by atoms with Crippen LogP contribution in [0.25, 0.3) is 0 Å². The first kappa shape index (κ1) is 16.5. The average Bonchev–Trinajstić information content (AvgIpc) is 2.78. The van der Waals surface area contributed by atoms with Gasteiger partial charge in [-0.2, -0.15) is 0 Å². The molecule has 1 fully saturated rings. The fourth-order valence-corrected chi connectivity index (χ4v) is 3.97. The van der Waals surface area contributed by atoms with Crippen molar-refractivity contribution in [2.24, 2.45) is 0 Å². The van der Waals surface area contributed by atoms with Crippen molar-refractivity contribution in [3.8, 4) is 11.5 Å². The van der Waals surface area contributed by atoms with Gasteiger partial charge in [0, 0.05) is 37.7 Å². The van der Waals surface area contributed by atoms with Gasteiger partial charge in [-0.05, 0) is 18.9 Å². The molecular weight excluding hydrogens is 316 g/mol. The molecule has 7 heteroatoms. The number of benzene rings is 1. The lowest BCUT2D eigenvalue weighted by Crippen LogP contribution is -2.47. The second-order valence-electron chi connectivity index (χ2n) is 6.14. The smallest absolute Gasteiger partial charge is 0.211 e. The summed E-state index contributed by atoms with van der Waals surface area (Å²) >= 11 is 0. The number of nitrogens with zero attached hydrogens (tertiary/aromatic N) is 1. The van der Waals surface area contributed by atoms with Crippen LogP contribution in [0.1, 0.15) is 24.8 Å². The number of rotatable bonds is 4. The molecule has 0 spiro atoms. The summed E-state index contributed by atoms with van der Waals surface area (Å²) < 4.78 is 36.5. The number of sulfonamides is 1. The third-order valence-corrected chi connectivity index (χ3v) is 5.56. The monoisotopic (exact) mass is 340 g/mol. The van der Waals surface area contributed by atoms with Crippen LogP contribution in [-0.4, -0.2) is 51.3 Å². The molecule has 0 amide bonds. The number of piperidine rings is 1. The zero-order chi connectivity index (χ0) is 16.3. The van der Waals surface area contributed by atoms with Crippen molar-refractivity contribution in [1.82, 2.24) is 9.62 Å². The van der Waals surface area contributed by atoms with Crippen LogP contribution in [0, 0.1) is 0 Å². The summed E-state index contributed by atoms with van der Waals surface area (Å²) in [5, 5.41) is 3.47. The van der Waals surface area contributed by atoms with E-state index < -0.39 is 10.0 Å². The van der Waals surface area contributed by atoms with E-state index in [2.05, 4.69) is 5.32 Å². The Balaban J connectivity index is 1.64. The first-order chi connectivity index (χ1) is 11.0. The molecular formula is C16H24N2O4S. The highest BCUT2D eigenvalue weighted by Crippen LogP contribution is 2.33. The number of fused-ring (bicyclic) bond motifs is 1. The predicted molar refractivity (Wildman–Crippen MR) is 88.3 cm³/mol. The first-order valence-corrected chi connectivity index (χ1v) is 9.95. The van der Waals surface area contributed by atoms with Gasteiger partial charge in [-0.25, -0.2) is 12.7 Å². The van der Waals surface area contributed by atoms with Crippen molar-refractivity contribution in [1.29, 1.82) is 0 Å². The Hall–Kier alpha value is -1.31. The van der Waals surface area contributed by atoms with E-state index in [1.165, 1.54) is 6.26 Å². The van der Waals surface area contributed by atoms with Gasteiger partial charge in [0.05, 0.1) is 19.5 Å². The van der Waals surface area contributed by atoms with E-state index in [0.29, 0.717) is 32.8 Å². The van der Waals surface area contributed by atoms with Gasteiger partial charge < -0.3 is 14.8 Å². The van der Waals surface area contributed by atoms with Crippen molar-refractivity contribution in [2.75, 3.05) is 32.6 Å². The zero-order valence-electron chi connectivity index (χ0n) is 13.5. The molecule has 0 aromatic heterocycles. The summed E-state index contributed by atoms with van der Waals surface area (Å²) in [5.41, 5.74) is 1.06. The molecule has 0 bridgehead atoms. The van der Waals surface area contributed by atoms with Crippen molar-refractivity contribution >= 4 is 10.0 Å². The molecule has 23 heavy (non-hydrogen) atoms. The van der Waals surface area contributed by atoms with Crippen molar-refractivity contribution < 1.29 is 17.9 Å². The normalized spacial score (nSPS) is 22.6. The fourth-order valence-electron chi connectivity index (χ4n) is 3.06. The first-order valence-electron chi connectivity index (χ1n) is 8.10. The molecule has 0 radical (unpaired) electrons. The minimum Gasteiger partial charge on any atom is -0.490 e. The average molecular weight is 340 g/mol. The SMILES string of the molecule is CS(=O)(=O)N1CCCC(NCc2cccc3c2OCCCO3)C1. The van der Waals surface area contributed by atoms with Crippen molar-refractivity contribution in [2.45, 2.75) is 31.8 Å². The highest BCUT2D eigenvalue weighted by atomic mass is 32.2. The number of hydrogen-bond donors (Lipinski definition) is 1. The molecule has 1 atom stereocenters. The third-order valence-electron chi connectivity index (χ3n) is 4.29. The van der Waals surface area contributed by atoms with E-state index in [9.17, 15) is 8.42 Å². The molecule has 2 heterocycles. The third kappa shape index (κ3) is 4.16. The molecule has 2 aliphatic rings. The molecule has 1 saturated heterocycles. The van der Waals surface area contributed by atoms with Crippen LogP contribution in [-0.2, 0) is 16.6 Å². The summed E-state index contributed by atoms with van der Waals surface area (Å²) in [5.74, 6) is 1.61. The summed E-state index contributed by atoms with van der Waals surface area (Å²) in [6.07, 6.45) is 4.03. The summed E-state index contributed by atoms with van der Waals surface area (Å²) in [6, 6.07) is 6.09. The van der Waals surface area contributed by atoms with Crippen molar-refractivity contribution in [3.63, 3.8) is 0 Å². The number of hydrogen-bond acceptors (Lipinski definition) is 5. The molecule has 1 N–H and O–H groups in total. The lowest BCUT2D eigenvalue weighted by molar-refractivity contribution is 0.280. The topological polar surface area (TPSA) is 67.9 Å². The van der Waals surface area contributed by atoms with Crippen LogP contribution in [0.3, 0.4) is 0 Å². The van der Waals surface area contributed by atoms with E-state index in [1.807, 2.05) is 18.2 Å². The zero-order valence-corrected chi connectivity index (χ0v) is 14.3. The lowest BCUT2D eigenvalue weighted by Gasteiger charge is -2.31. The van der Waals surface area contributed by atoms with Crippen LogP contribution in [0.5, 0.6) is 11.5 Å². The van der Waals surface area contributed by atoms with E-state index in [0.717, 1.165) is 36.3 Å². The van der Waals surface area contributed by atoms with Gasteiger partial charge in [-0.3, -0.25) is 0 Å². The molecule has 6 nitrogen and oxygen atoms in total. The van der Waals surface area contributed by atoms with Gasteiger partial charge in [-0.15, -0.1) is 0 Å². The van der Waals surface area contributed by atoms with Gasteiger partial charge in [0.1, 0.15) is 0 Å². The second kappa shape index (κ2) is 7.07. The molecule has 1 aromatic carbocycles. The maximum Gasteiger partial charge on any atom is 0.211 e. The highest BCUT2D eigenvalue weighted by molar-refractivity contribution is 7.88. The van der Waals surface area contributed by atoms with E-state index in [1.54, 1.807) is 4.31 Å². The largest absolute Gasteiger partial charge is 0.490 e. The van der Waals surface area contributed by atoms with Crippen LogP contribution in [0.15, 0.2) is 18.2 Å². The molecule has 2 aliphatic heterocycles.